The molecule has 4 rings (SSSR count). The molecule has 1 aromatic carbocycles. The first-order valence-electron chi connectivity index (χ1n) is 9.88. The number of ether oxygens (including phenoxy) is 2. The normalized spacial score (nSPS) is 22.8. The van der Waals surface area contributed by atoms with Crippen LogP contribution in [0.3, 0.4) is 0 Å². The third-order valence-electron chi connectivity index (χ3n) is 5.99. The van der Waals surface area contributed by atoms with Crippen LogP contribution in [0.4, 0.5) is 0 Å². The first-order chi connectivity index (χ1) is 13.8. The number of carbonyl (C=O) groups is 1. The number of carbonyl (C=O) groups excluding carboxylic acids is 1. The summed E-state index contributed by atoms with van der Waals surface area (Å²) in [5, 5.41) is 6.71. The molecule has 28 heavy (non-hydrogen) atoms. The van der Waals surface area contributed by atoms with Crippen molar-refractivity contribution in [2.75, 3.05) is 33.4 Å². The van der Waals surface area contributed by atoms with E-state index in [9.17, 15) is 4.79 Å². The Morgan fingerprint density at radius 2 is 1.93 bits per heavy atom. The van der Waals surface area contributed by atoms with Crippen LogP contribution < -0.4 is 10.6 Å². The molecular formula is C22H27N3O3. The SMILES string of the molecule is COCCO[C@H]1[C@H](NC(=O)c2ccncc2)c2ccccc2C12CCNCC2. The molecule has 2 atom stereocenters. The number of rotatable bonds is 6. The molecule has 148 valence electrons. The van der Waals surface area contributed by atoms with Crippen LogP contribution in [0.25, 0.3) is 0 Å². The van der Waals surface area contributed by atoms with Crippen molar-refractivity contribution in [3.05, 3.63) is 65.5 Å². The van der Waals surface area contributed by atoms with Crippen molar-refractivity contribution in [2.24, 2.45) is 0 Å². The number of aromatic nitrogens is 1. The molecule has 1 spiro atoms. The van der Waals surface area contributed by atoms with Gasteiger partial charge in [0, 0.05) is 30.5 Å². The van der Waals surface area contributed by atoms with Gasteiger partial charge in [0.2, 0.25) is 0 Å². The summed E-state index contributed by atoms with van der Waals surface area (Å²) >= 11 is 0. The zero-order chi connectivity index (χ0) is 19.4. The Labute approximate surface area is 165 Å². The fraction of sp³-hybridized carbons (Fsp3) is 0.455. The number of nitrogens with one attached hydrogen (secondary N) is 2. The fourth-order valence-corrected chi connectivity index (χ4v) is 4.68. The van der Waals surface area contributed by atoms with Crippen LogP contribution in [-0.4, -0.2) is 50.4 Å². The molecule has 6 nitrogen and oxygen atoms in total. The maximum atomic E-state index is 12.9. The number of methoxy groups -OCH3 is 1. The zero-order valence-electron chi connectivity index (χ0n) is 16.2. The maximum Gasteiger partial charge on any atom is 0.251 e. The van der Waals surface area contributed by atoms with Crippen LogP contribution in [0.15, 0.2) is 48.8 Å². The summed E-state index contributed by atoms with van der Waals surface area (Å²) in [7, 11) is 1.68. The number of piperidine rings is 1. The van der Waals surface area contributed by atoms with Crippen LogP contribution in [0, 0.1) is 0 Å². The third kappa shape index (κ3) is 3.43. The van der Waals surface area contributed by atoms with Gasteiger partial charge in [-0.3, -0.25) is 9.78 Å². The number of pyridine rings is 1. The van der Waals surface area contributed by atoms with Crippen molar-refractivity contribution in [3.8, 4) is 0 Å². The summed E-state index contributed by atoms with van der Waals surface area (Å²) in [5.74, 6) is -0.103. The van der Waals surface area contributed by atoms with Gasteiger partial charge in [0.05, 0.1) is 25.4 Å². The molecule has 1 amide bonds. The van der Waals surface area contributed by atoms with Crippen LogP contribution in [0.5, 0.6) is 0 Å². The van der Waals surface area contributed by atoms with Gasteiger partial charge in [0.25, 0.3) is 5.91 Å². The summed E-state index contributed by atoms with van der Waals surface area (Å²) < 4.78 is 11.6. The van der Waals surface area contributed by atoms with Gasteiger partial charge in [0.1, 0.15) is 0 Å². The largest absolute Gasteiger partial charge is 0.382 e. The highest BCUT2D eigenvalue weighted by Crippen LogP contribution is 2.51. The Bertz CT molecular complexity index is 806. The number of nitrogens with zero attached hydrogens (tertiary/aromatic N) is 1. The van der Waals surface area contributed by atoms with E-state index in [2.05, 4.69) is 33.8 Å². The number of benzene rings is 1. The Balaban J connectivity index is 1.68. The van der Waals surface area contributed by atoms with E-state index in [1.165, 1.54) is 5.56 Å². The summed E-state index contributed by atoms with van der Waals surface area (Å²) in [5.41, 5.74) is 2.98. The van der Waals surface area contributed by atoms with Crippen molar-refractivity contribution >= 4 is 5.91 Å². The highest BCUT2D eigenvalue weighted by molar-refractivity contribution is 5.94. The summed E-state index contributed by atoms with van der Waals surface area (Å²) in [6.45, 7) is 2.94. The average Bonchev–Trinajstić information content (AvgIpc) is 2.99. The first kappa shape index (κ1) is 19.1. The summed E-state index contributed by atoms with van der Waals surface area (Å²) in [6, 6.07) is 11.7. The molecule has 0 saturated carbocycles. The molecule has 2 aliphatic rings. The molecule has 2 aromatic rings. The lowest BCUT2D eigenvalue weighted by Gasteiger charge is -2.41. The van der Waals surface area contributed by atoms with Crippen molar-refractivity contribution in [3.63, 3.8) is 0 Å². The van der Waals surface area contributed by atoms with E-state index in [1.807, 2.05) is 6.07 Å². The van der Waals surface area contributed by atoms with E-state index in [1.54, 1.807) is 31.6 Å². The van der Waals surface area contributed by atoms with Crippen molar-refractivity contribution in [1.29, 1.82) is 0 Å². The van der Waals surface area contributed by atoms with Gasteiger partial charge in [-0.2, -0.15) is 0 Å². The van der Waals surface area contributed by atoms with Crippen LogP contribution in [-0.2, 0) is 14.9 Å². The third-order valence-corrected chi connectivity index (χ3v) is 5.99. The molecule has 1 aliphatic carbocycles. The predicted molar refractivity (Wildman–Crippen MR) is 106 cm³/mol. The Kier molecular flexibility index (Phi) is 5.71. The van der Waals surface area contributed by atoms with E-state index < -0.39 is 0 Å². The van der Waals surface area contributed by atoms with Gasteiger partial charge in [-0.25, -0.2) is 0 Å². The number of hydrogen-bond acceptors (Lipinski definition) is 5. The highest BCUT2D eigenvalue weighted by Gasteiger charge is 2.53. The monoisotopic (exact) mass is 381 g/mol. The summed E-state index contributed by atoms with van der Waals surface area (Å²) in [4.78, 5) is 16.9. The van der Waals surface area contributed by atoms with Gasteiger partial charge in [0.15, 0.2) is 0 Å². The topological polar surface area (TPSA) is 72.5 Å². The van der Waals surface area contributed by atoms with E-state index in [0.717, 1.165) is 31.5 Å². The average molecular weight is 381 g/mol. The molecule has 1 saturated heterocycles. The molecule has 1 fully saturated rings. The first-order valence-corrected chi connectivity index (χ1v) is 9.88. The smallest absolute Gasteiger partial charge is 0.251 e. The molecule has 6 heteroatoms. The second-order valence-electron chi connectivity index (χ2n) is 7.46. The fourth-order valence-electron chi connectivity index (χ4n) is 4.68. The molecule has 0 bridgehead atoms. The molecule has 2 N–H and O–H groups in total. The number of fused-ring (bicyclic) bond motifs is 2. The molecule has 2 heterocycles. The van der Waals surface area contributed by atoms with Gasteiger partial charge in [-0.05, 0) is 49.2 Å². The van der Waals surface area contributed by atoms with Crippen molar-refractivity contribution < 1.29 is 14.3 Å². The lowest BCUT2D eigenvalue weighted by atomic mass is 9.72. The minimum atomic E-state index is -0.188. The van der Waals surface area contributed by atoms with Crippen LogP contribution in [0.2, 0.25) is 0 Å². The number of amides is 1. The molecular weight excluding hydrogens is 354 g/mol. The van der Waals surface area contributed by atoms with Crippen LogP contribution >= 0.6 is 0 Å². The van der Waals surface area contributed by atoms with Gasteiger partial charge >= 0.3 is 0 Å². The van der Waals surface area contributed by atoms with E-state index in [0.29, 0.717) is 18.8 Å². The minimum absolute atomic E-state index is 0.0915. The molecule has 0 unspecified atom stereocenters. The second kappa shape index (κ2) is 8.39. The molecule has 1 aromatic heterocycles. The predicted octanol–water partition coefficient (Wildman–Crippen LogP) is 2.22. The van der Waals surface area contributed by atoms with E-state index in [-0.39, 0.29) is 23.5 Å². The van der Waals surface area contributed by atoms with Gasteiger partial charge in [-0.15, -0.1) is 0 Å². The molecule has 1 aliphatic heterocycles. The molecule has 0 radical (unpaired) electrons. The van der Waals surface area contributed by atoms with Gasteiger partial charge < -0.3 is 20.1 Å². The standard InChI is InChI=1S/C22H27N3O3/c1-27-14-15-28-20-19(25-21(26)16-6-10-23-11-7-16)17-4-2-3-5-18(17)22(20)8-12-24-13-9-22/h2-7,10-11,19-20,24H,8-9,12-15H2,1H3,(H,25,26)/t19-,20+/m1/s1. The Morgan fingerprint density at radius 3 is 2.68 bits per heavy atom. The van der Waals surface area contributed by atoms with Crippen LogP contribution in [0.1, 0.15) is 40.4 Å². The quantitative estimate of drug-likeness (QED) is 0.751. The van der Waals surface area contributed by atoms with Crippen molar-refractivity contribution in [1.82, 2.24) is 15.6 Å². The number of hydrogen-bond donors (Lipinski definition) is 2. The Hall–Kier alpha value is -2.28. The van der Waals surface area contributed by atoms with Gasteiger partial charge in [-0.1, -0.05) is 24.3 Å². The van der Waals surface area contributed by atoms with Crippen molar-refractivity contribution in [2.45, 2.75) is 30.4 Å². The second-order valence-corrected chi connectivity index (χ2v) is 7.46. The zero-order valence-corrected chi connectivity index (χ0v) is 16.2. The van der Waals surface area contributed by atoms with E-state index in [4.69, 9.17) is 9.47 Å². The lowest BCUT2D eigenvalue weighted by molar-refractivity contribution is -0.0437. The minimum Gasteiger partial charge on any atom is -0.382 e. The summed E-state index contributed by atoms with van der Waals surface area (Å²) in [6.07, 6.45) is 5.14. The maximum absolute atomic E-state index is 12.9. The Morgan fingerprint density at radius 1 is 1.18 bits per heavy atom. The lowest BCUT2D eigenvalue weighted by Crippen LogP contribution is -2.50. The van der Waals surface area contributed by atoms with E-state index >= 15 is 0 Å². The highest BCUT2D eigenvalue weighted by atomic mass is 16.5.